The SMILES string of the molecule is Cc1ccc(NC(=O)C2(c3ccccc3Cl)CC2)cc1Cl. The molecule has 2 aromatic rings. The molecule has 0 aliphatic heterocycles. The molecule has 1 saturated carbocycles. The van der Waals surface area contributed by atoms with E-state index >= 15 is 0 Å². The normalized spacial score (nSPS) is 15.6. The molecule has 1 aliphatic rings. The van der Waals surface area contributed by atoms with Gasteiger partial charge in [-0.05, 0) is 49.1 Å². The fourth-order valence-electron chi connectivity index (χ4n) is 2.51. The molecule has 0 spiro atoms. The summed E-state index contributed by atoms with van der Waals surface area (Å²) < 4.78 is 0. The number of carbonyl (C=O) groups excluding carboxylic acids is 1. The van der Waals surface area contributed by atoms with Gasteiger partial charge in [-0.15, -0.1) is 0 Å². The number of aryl methyl sites for hydroxylation is 1. The Hall–Kier alpha value is -1.51. The van der Waals surface area contributed by atoms with Crippen molar-refractivity contribution in [3.63, 3.8) is 0 Å². The van der Waals surface area contributed by atoms with E-state index in [1.54, 1.807) is 6.07 Å². The second-order valence-corrected chi connectivity index (χ2v) is 6.29. The fourth-order valence-corrected chi connectivity index (χ4v) is 3.01. The topological polar surface area (TPSA) is 29.1 Å². The molecule has 21 heavy (non-hydrogen) atoms. The average molecular weight is 320 g/mol. The molecule has 0 atom stereocenters. The van der Waals surface area contributed by atoms with Crippen LogP contribution in [0.15, 0.2) is 42.5 Å². The Kier molecular flexibility index (Phi) is 3.68. The zero-order valence-electron chi connectivity index (χ0n) is 11.6. The van der Waals surface area contributed by atoms with E-state index in [2.05, 4.69) is 5.32 Å². The molecule has 1 aliphatic carbocycles. The first-order valence-corrected chi connectivity index (χ1v) is 7.61. The van der Waals surface area contributed by atoms with Gasteiger partial charge in [-0.1, -0.05) is 47.5 Å². The van der Waals surface area contributed by atoms with Crippen LogP contribution in [0.4, 0.5) is 5.69 Å². The number of benzene rings is 2. The van der Waals surface area contributed by atoms with Crippen molar-refractivity contribution in [2.45, 2.75) is 25.2 Å². The maximum Gasteiger partial charge on any atom is 0.235 e. The molecule has 4 heteroatoms. The zero-order valence-corrected chi connectivity index (χ0v) is 13.1. The number of halogens is 2. The van der Waals surface area contributed by atoms with E-state index < -0.39 is 5.41 Å². The number of nitrogens with one attached hydrogen (secondary N) is 1. The van der Waals surface area contributed by atoms with Crippen LogP contribution in [0.25, 0.3) is 0 Å². The largest absolute Gasteiger partial charge is 0.325 e. The van der Waals surface area contributed by atoms with Crippen molar-refractivity contribution in [2.75, 3.05) is 5.32 Å². The third-order valence-electron chi connectivity index (χ3n) is 4.00. The van der Waals surface area contributed by atoms with Gasteiger partial charge in [0.15, 0.2) is 0 Å². The molecule has 2 nitrogen and oxygen atoms in total. The molecule has 2 aromatic carbocycles. The lowest BCUT2D eigenvalue weighted by molar-refractivity contribution is -0.118. The van der Waals surface area contributed by atoms with Gasteiger partial charge < -0.3 is 5.32 Å². The second kappa shape index (κ2) is 5.36. The summed E-state index contributed by atoms with van der Waals surface area (Å²) in [6, 6.07) is 13.1. The van der Waals surface area contributed by atoms with Gasteiger partial charge >= 0.3 is 0 Å². The van der Waals surface area contributed by atoms with Crippen LogP contribution in [-0.4, -0.2) is 5.91 Å². The van der Waals surface area contributed by atoms with Crippen molar-refractivity contribution in [1.29, 1.82) is 0 Å². The van der Waals surface area contributed by atoms with Crippen LogP contribution in [0.1, 0.15) is 24.0 Å². The van der Waals surface area contributed by atoms with Crippen molar-refractivity contribution in [2.24, 2.45) is 0 Å². The summed E-state index contributed by atoms with van der Waals surface area (Å²) in [5.74, 6) is -0.0180. The van der Waals surface area contributed by atoms with Gasteiger partial charge in [0, 0.05) is 15.7 Å². The van der Waals surface area contributed by atoms with Crippen LogP contribution in [0.2, 0.25) is 10.0 Å². The molecule has 0 bridgehead atoms. The smallest absolute Gasteiger partial charge is 0.235 e. The summed E-state index contributed by atoms with van der Waals surface area (Å²) in [5, 5.41) is 4.25. The summed E-state index contributed by atoms with van der Waals surface area (Å²) in [6.07, 6.45) is 1.64. The molecule has 1 N–H and O–H groups in total. The van der Waals surface area contributed by atoms with Crippen LogP contribution in [0.3, 0.4) is 0 Å². The first kappa shape index (κ1) is 14.4. The van der Waals surface area contributed by atoms with Gasteiger partial charge in [0.25, 0.3) is 0 Å². The summed E-state index contributed by atoms with van der Waals surface area (Å²) in [4.78, 5) is 12.6. The summed E-state index contributed by atoms with van der Waals surface area (Å²) in [6.45, 7) is 1.93. The van der Waals surface area contributed by atoms with Crippen molar-refractivity contribution in [3.8, 4) is 0 Å². The Labute approximate surface area is 134 Å². The van der Waals surface area contributed by atoms with E-state index in [0.29, 0.717) is 15.7 Å². The molecule has 0 saturated heterocycles. The van der Waals surface area contributed by atoms with Gasteiger partial charge in [0.2, 0.25) is 5.91 Å². The van der Waals surface area contributed by atoms with Crippen LogP contribution < -0.4 is 5.32 Å². The number of hydrogen-bond acceptors (Lipinski definition) is 1. The van der Waals surface area contributed by atoms with E-state index in [0.717, 1.165) is 24.0 Å². The molecule has 0 heterocycles. The van der Waals surface area contributed by atoms with E-state index in [1.165, 1.54) is 0 Å². The minimum Gasteiger partial charge on any atom is -0.325 e. The predicted octanol–water partition coefficient (Wildman–Crippen LogP) is 4.97. The molecule has 108 valence electrons. The Bertz CT molecular complexity index is 708. The van der Waals surface area contributed by atoms with Crippen molar-refractivity contribution in [1.82, 2.24) is 0 Å². The van der Waals surface area contributed by atoms with Crippen LogP contribution in [0, 0.1) is 6.92 Å². The monoisotopic (exact) mass is 319 g/mol. The number of anilines is 1. The summed E-state index contributed by atoms with van der Waals surface area (Å²) in [7, 11) is 0. The number of hydrogen-bond donors (Lipinski definition) is 1. The van der Waals surface area contributed by atoms with Crippen molar-refractivity contribution >= 4 is 34.8 Å². The zero-order chi connectivity index (χ0) is 15.0. The Morgan fingerprint density at radius 1 is 1.10 bits per heavy atom. The highest BCUT2D eigenvalue weighted by atomic mass is 35.5. The minimum atomic E-state index is -0.490. The molecule has 0 radical (unpaired) electrons. The lowest BCUT2D eigenvalue weighted by Crippen LogP contribution is -2.28. The molecule has 1 amide bonds. The lowest BCUT2D eigenvalue weighted by Gasteiger charge is -2.17. The molecule has 0 aromatic heterocycles. The first-order chi connectivity index (χ1) is 10.0. The van der Waals surface area contributed by atoms with E-state index in [9.17, 15) is 4.79 Å². The van der Waals surface area contributed by atoms with Gasteiger partial charge in [-0.3, -0.25) is 4.79 Å². The Morgan fingerprint density at radius 3 is 2.43 bits per heavy atom. The van der Waals surface area contributed by atoms with Crippen LogP contribution in [0.5, 0.6) is 0 Å². The highest BCUT2D eigenvalue weighted by molar-refractivity contribution is 6.32. The minimum absolute atomic E-state index is 0.0180. The standard InChI is InChI=1S/C17H15Cl2NO/c1-11-6-7-12(10-15(11)19)20-16(21)17(8-9-17)13-4-2-3-5-14(13)18/h2-7,10H,8-9H2,1H3,(H,20,21). The number of rotatable bonds is 3. The highest BCUT2D eigenvalue weighted by Gasteiger charge is 2.52. The van der Waals surface area contributed by atoms with Crippen molar-refractivity contribution < 1.29 is 4.79 Å². The molecular formula is C17H15Cl2NO. The summed E-state index contributed by atoms with van der Waals surface area (Å²) >= 11 is 12.3. The molecule has 0 unspecified atom stereocenters. The predicted molar refractivity (Wildman–Crippen MR) is 87.2 cm³/mol. The fraction of sp³-hybridized carbons (Fsp3) is 0.235. The van der Waals surface area contributed by atoms with Gasteiger partial charge in [0.05, 0.1) is 5.41 Å². The van der Waals surface area contributed by atoms with E-state index in [1.807, 2.05) is 43.3 Å². The van der Waals surface area contributed by atoms with Crippen LogP contribution >= 0.6 is 23.2 Å². The Balaban J connectivity index is 1.85. The van der Waals surface area contributed by atoms with Crippen LogP contribution in [-0.2, 0) is 10.2 Å². The second-order valence-electron chi connectivity index (χ2n) is 5.48. The van der Waals surface area contributed by atoms with E-state index in [-0.39, 0.29) is 5.91 Å². The maximum absolute atomic E-state index is 12.6. The first-order valence-electron chi connectivity index (χ1n) is 6.85. The Morgan fingerprint density at radius 2 is 1.81 bits per heavy atom. The number of carbonyl (C=O) groups is 1. The van der Waals surface area contributed by atoms with Gasteiger partial charge in [0.1, 0.15) is 0 Å². The maximum atomic E-state index is 12.6. The molecule has 3 rings (SSSR count). The quantitative estimate of drug-likeness (QED) is 0.850. The van der Waals surface area contributed by atoms with E-state index in [4.69, 9.17) is 23.2 Å². The lowest BCUT2D eigenvalue weighted by atomic mass is 9.95. The van der Waals surface area contributed by atoms with Crippen molar-refractivity contribution in [3.05, 3.63) is 63.6 Å². The molecule has 1 fully saturated rings. The number of amides is 1. The average Bonchev–Trinajstić information content (AvgIpc) is 3.25. The van der Waals surface area contributed by atoms with Gasteiger partial charge in [-0.25, -0.2) is 0 Å². The van der Waals surface area contributed by atoms with Gasteiger partial charge in [-0.2, -0.15) is 0 Å². The third-order valence-corrected chi connectivity index (χ3v) is 4.74. The molecular weight excluding hydrogens is 305 g/mol. The highest BCUT2D eigenvalue weighted by Crippen LogP contribution is 2.51. The third kappa shape index (κ3) is 2.66. The summed E-state index contributed by atoms with van der Waals surface area (Å²) in [5.41, 5.74) is 2.12.